The second-order valence-electron chi connectivity index (χ2n) is 7.43. The molecule has 1 heterocycles. The quantitative estimate of drug-likeness (QED) is 0.336. The van der Waals surface area contributed by atoms with Gasteiger partial charge in [0.2, 0.25) is 6.79 Å². The molecule has 1 unspecified atom stereocenters. The molecule has 10 nitrogen and oxygen atoms in total. The Morgan fingerprint density at radius 3 is 2.67 bits per heavy atom. The molecule has 0 saturated heterocycles. The van der Waals surface area contributed by atoms with Gasteiger partial charge in [0.05, 0.1) is 13.3 Å². The number of fused-ring (bicyclic) bond motifs is 1. The Hall–Kier alpha value is -4.08. The fraction of sp³-hybridized carbons (Fsp3) is 0.304. The van der Waals surface area contributed by atoms with Crippen LogP contribution in [0.5, 0.6) is 17.2 Å². The molecule has 0 radical (unpaired) electrons. The van der Waals surface area contributed by atoms with E-state index in [1.807, 2.05) is 13.8 Å². The van der Waals surface area contributed by atoms with Gasteiger partial charge in [0, 0.05) is 5.56 Å². The van der Waals surface area contributed by atoms with E-state index in [-0.39, 0.29) is 19.3 Å². The maximum atomic E-state index is 12.7. The molecule has 0 aliphatic carbocycles. The summed E-state index contributed by atoms with van der Waals surface area (Å²) in [5, 5.41) is 6.69. The van der Waals surface area contributed by atoms with Gasteiger partial charge in [-0.2, -0.15) is 5.10 Å². The van der Waals surface area contributed by atoms with Crippen LogP contribution in [0, 0.1) is 5.92 Å². The molecule has 0 saturated carbocycles. The lowest BCUT2D eigenvalue weighted by Gasteiger charge is -2.20. The van der Waals surface area contributed by atoms with Crippen LogP contribution in [0.1, 0.15) is 29.8 Å². The van der Waals surface area contributed by atoms with Gasteiger partial charge in [-0.1, -0.05) is 26.0 Å². The minimum absolute atomic E-state index is 0.107. The molecule has 0 aromatic heterocycles. The topological polar surface area (TPSA) is 125 Å². The number of hydrazone groups is 1. The van der Waals surface area contributed by atoms with Gasteiger partial charge in [0.15, 0.2) is 18.1 Å². The van der Waals surface area contributed by atoms with E-state index in [0.717, 1.165) is 0 Å². The van der Waals surface area contributed by atoms with Crippen LogP contribution in [0.25, 0.3) is 0 Å². The molecule has 1 atom stereocenters. The average Bonchev–Trinajstić information content (AvgIpc) is 3.28. The summed E-state index contributed by atoms with van der Waals surface area (Å²) in [6.45, 7) is 3.52. The normalized spacial score (nSPS) is 13.0. The molecule has 0 spiro atoms. The van der Waals surface area contributed by atoms with Gasteiger partial charge in [0.25, 0.3) is 11.8 Å². The van der Waals surface area contributed by atoms with Crippen LogP contribution in [0.2, 0.25) is 0 Å². The molecular weight excluding hydrogens is 430 g/mol. The van der Waals surface area contributed by atoms with E-state index >= 15 is 0 Å². The minimum atomic E-state index is -0.810. The fourth-order valence-electron chi connectivity index (χ4n) is 2.92. The van der Waals surface area contributed by atoms with Crippen molar-refractivity contribution in [2.24, 2.45) is 11.0 Å². The molecule has 10 heteroatoms. The van der Waals surface area contributed by atoms with Crippen molar-refractivity contribution in [1.29, 1.82) is 0 Å². The number of methoxy groups -OCH3 is 1. The number of hydrogen-bond acceptors (Lipinski definition) is 8. The summed E-state index contributed by atoms with van der Waals surface area (Å²) in [6.07, 6.45) is 1.43. The SMILES string of the molecule is COC(=O)COc1cccc(C=NNC(=O)C(NC(=O)c2ccc3c(c2)OCO3)C(C)C)c1. The van der Waals surface area contributed by atoms with Crippen LogP contribution in [-0.4, -0.2) is 50.5 Å². The zero-order valence-corrected chi connectivity index (χ0v) is 18.5. The maximum absolute atomic E-state index is 12.7. The van der Waals surface area contributed by atoms with Gasteiger partial charge in [-0.05, 0) is 41.8 Å². The van der Waals surface area contributed by atoms with E-state index in [4.69, 9.17) is 14.2 Å². The van der Waals surface area contributed by atoms with Crippen LogP contribution >= 0.6 is 0 Å². The van der Waals surface area contributed by atoms with E-state index in [9.17, 15) is 14.4 Å². The van der Waals surface area contributed by atoms with Gasteiger partial charge >= 0.3 is 5.97 Å². The van der Waals surface area contributed by atoms with Crippen LogP contribution < -0.4 is 25.0 Å². The van der Waals surface area contributed by atoms with Crippen LogP contribution in [0.15, 0.2) is 47.6 Å². The molecular formula is C23H25N3O7. The van der Waals surface area contributed by atoms with Crippen molar-refractivity contribution >= 4 is 24.0 Å². The average molecular weight is 455 g/mol. The molecule has 1 aliphatic heterocycles. The Kier molecular flexibility index (Phi) is 7.85. The number of carbonyl (C=O) groups is 3. The fourth-order valence-corrected chi connectivity index (χ4v) is 2.92. The predicted molar refractivity (Wildman–Crippen MR) is 118 cm³/mol. The number of carbonyl (C=O) groups excluding carboxylic acids is 3. The maximum Gasteiger partial charge on any atom is 0.343 e. The van der Waals surface area contributed by atoms with Crippen LogP contribution in [0.4, 0.5) is 0 Å². The van der Waals surface area contributed by atoms with Crippen molar-refractivity contribution in [3.63, 3.8) is 0 Å². The summed E-state index contributed by atoms with van der Waals surface area (Å²) in [5.41, 5.74) is 3.44. The lowest BCUT2D eigenvalue weighted by atomic mass is 10.0. The Labute approximate surface area is 190 Å². The minimum Gasteiger partial charge on any atom is -0.482 e. The first-order valence-electron chi connectivity index (χ1n) is 10.2. The smallest absolute Gasteiger partial charge is 0.343 e. The van der Waals surface area contributed by atoms with Crippen molar-refractivity contribution in [3.8, 4) is 17.2 Å². The first kappa shape index (κ1) is 23.6. The Balaban J connectivity index is 1.58. The van der Waals surface area contributed by atoms with Crippen LogP contribution in [0.3, 0.4) is 0 Å². The van der Waals surface area contributed by atoms with Crippen molar-refractivity contribution in [2.45, 2.75) is 19.9 Å². The summed E-state index contributed by atoms with van der Waals surface area (Å²) in [4.78, 5) is 36.5. The zero-order chi connectivity index (χ0) is 23.8. The highest BCUT2D eigenvalue weighted by Crippen LogP contribution is 2.32. The summed E-state index contributed by atoms with van der Waals surface area (Å²) in [6, 6.07) is 10.8. The Bertz CT molecular complexity index is 1050. The van der Waals surface area contributed by atoms with E-state index in [2.05, 4.69) is 20.6 Å². The second kappa shape index (κ2) is 11.0. The number of esters is 1. The number of benzene rings is 2. The van der Waals surface area contributed by atoms with Crippen molar-refractivity contribution < 1.29 is 33.3 Å². The van der Waals surface area contributed by atoms with Gasteiger partial charge in [-0.25, -0.2) is 10.2 Å². The van der Waals surface area contributed by atoms with Gasteiger partial charge in [0.1, 0.15) is 11.8 Å². The van der Waals surface area contributed by atoms with E-state index in [0.29, 0.717) is 28.4 Å². The number of hydrogen-bond donors (Lipinski definition) is 2. The molecule has 0 fully saturated rings. The monoisotopic (exact) mass is 455 g/mol. The standard InChI is InChI=1S/C23H25N3O7/c1-14(2)21(25-22(28)16-7-8-18-19(10-16)33-13-32-18)23(29)26-24-11-15-5-4-6-17(9-15)31-12-20(27)30-3/h4-11,14,21H,12-13H2,1-3H3,(H,25,28)(H,26,29). The Morgan fingerprint density at radius 2 is 1.91 bits per heavy atom. The largest absolute Gasteiger partial charge is 0.482 e. The van der Waals surface area contributed by atoms with Gasteiger partial charge < -0.3 is 24.3 Å². The zero-order valence-electron chi connectivity index (χ0n) is 18.5. The van der Waals surface area contributed by atoms with Crippen molar-refractivity contribution in [2.75, 3.05) is 20.5 Å². The number of nitrogens with zero attached hydrogens (tertiary/aromatic N) is 1. The third-order valence-corrected chi connectivity index (χ3v) is 4.70. The van der Waals surface area contributed by atoms with Gasteiger partial charge in [-0.3, -0.25) is 9.59 Å². The molecule has 33 heavy (non-hydrogen) atoms. The first-order valence-corrected chi connectivity index (χ1v) is 10.2. The molecule has 2 aromatic rings. The van der Waals surface area contributed by atoms with E-state index < -0.39 is 23.8 Å². The molecule has 0 bridgehead atoms. The molecule has 3 rings (SSSR count). The summed E-state index contributed by atoms with van der Waals surface area (Å²) < 4.78 is 20.4. The Morgan fingerprint density at radius 1 is 1.12 bits per heavy atom. The molecule has 2 N–H and O–H groups in total. The highest BCUT2D eigenvalue weighted by Gasteiger charge is 2.25. The first-order chi connectivity index (χ1) is 15.9. The van der Waals surface area contributed by atoms with Crippen LogP contribution in [-0.2, 0) is 14.3 Å². The van der Waals surface area contributed by atoms with Gasteiger partial charge in [-0.15, -0.1) is 0 Å². The number of rotatable bonds is 9. The predicted octanol–water partition coefficient (Wildman–Crippen LogP) is 1.87. The second-order valence-corrected chi connectivity index (χ2v) is 7.43. The summed E-state index contributed by atoms with van der Waals surface area (Å²) in [5.74, 6) is -0.0618. The van der Waals surface area contributed by atoms with E-state index in [1.165, 1.54) is 13.3 Å². The van der Waals surface area contributed by atoms with E-state index in [1.54, 1.807) is 42.5 Å². The molecule has 2 aromatic carbocycles. The highest BCUT2D eigenvalue weighted by atomic mass is 16.7. The van der Waals surface area contributed by atoms with Crippen molar-refractivity contribution in [1.82, 2.24) is 10.7 Å². The summed E-state index contributed by atoms with van der Waals surface area (Å²) in [7, 11) is 1.28. The molecule has 174 valence electrons. The van der Waals surface area contributed by atoms with Crippen molar-refractivity contribution in [3.05, 3.63) is 53.6 Å². The third kappa shape index (κ3) is 6.45. The lowest BCUT2D eigenvalue weighted by molar-refractivity contribution is -0.142. The number of nitrogens with one attached hydrogen (secondary N) is 2. The summed E-state index contributed by atoms with van der Waals surface area (Å²) >= 11 is 0. The number of ether oxygens (including phenoxy) is 4. The third-order valence-electron chi connectivity index (χ3n) is 4.70. The molecule has 1 aliphatic rings. The molecule has 2 amide bonds. The highest BCUT2D eigenvalue weighted by molar-refractivity contribution is 5.98. The number of amides is 2. The lowest BCUT2D eigenvalue weighted by Crippen LogP contribution is -2.48.